The van der Waals surface area contributed by atoms with Crippen LogP contribution in [0.4, 0.5) is 5.82 Å². The van der Waals surface area contributed by atoms with Crippen molar-refractivity contribution in [3.8, 4) is 0 Å². The van der Waals surface area contributed by atoms with Crippen LogP contribution in [0.15, 0.2) is 35.5 Å². The molecule has 1 aromatic carbocycles. The lowest BCUT2D eigenvalue weighted by Gasteiger charge is -2.40. The minimum Gasteiger partial charge on any atom is -0.353 e. The smallest absolute Gasteiger partial charge is 0.255 e. The molecule has 1 atom stereocenters. The maximum atomic E-state index is 13.0. The van der Waals surface area contributed by atoms with Gasteiger partial charge < -0.3 is 14.7 Å². The first-order chi connectivity index (χ1) is 16.3. The lowest BCUT2D eigenvalue weighted by Crippen LogP contribution is -2.54. The Hall–Kier alpha value is -2.03. The van der Waals surface area contributed by atoms with Crippen molar-refractivity contribution in [1.82, 2.24) is 19.8 Å². The summed E-state index contributed by atoms with van der Waals surface area (Å²) in [6, 6.07) is 8.81. The van der Waals surface area contributed by atoms with E-state index in [0.717, 1.165) is 25.9 Å². The second-order valence-electron chi connectivity index (χ2n) is 8.96. The van der Waals surface area contributed by atoms with Crippen molar-refractivity contribution in [1.29, 1.82) is 0 Å². The zero-order chi connectivity index (χ0) is 24.2. The van der Waals surface area contributed by atoms with Crippen molar-refractivity contribution in [2.45, 2.75) is 37.9 Å². The molecule has 7 nitrogen and oxygen atoms in total. The molecule has 1 aromatic heterocycles. The molecule has 182 valence electrons. The summed E-state index contributed by atoms with van der Waals surface area (Å²) in [5.41, 5.74) is 0.515. The number of piperidine rings is 1. The van der Waals surface area contributed by atoms with Gasteiger partial charge in [-0.25, -0.2) is 9.97 Å². The summed E-state index contributed by atoms with van der Waals surface area (Å²) in [6.45, 7) is 7.64. The topological polar surface area (TPSA) is 69.6 Å². The highest BCUT2D eigenvalue weighted by atomic mass is 35.5. The van der Waals surface area contributed by atoms with E-state index in [1.165, 1.54) is 11.8 Å². The molecule has 0 saturated carbocycles. The number of aromatic nitrogens is 2. The zero-order valence-electron chi connectivity index (χ0n) is 19.4. The number of nitrogens with zero attached hydrogens (tertiary/aromatic N) is 5. The highest BCUT2D eigenvalue weighted by Gasteiger charge is 2.30. The van der Waals surface area contributed by atoms with Gasteiger partial charge in [-0.2, -0.15) is 0 Å². The highest BCUT2D eigenvalue weighted by Crippen LogP contribution is 2.26. The van der Waals surface area contributed by atoms with Gasteiger partial charge in [0.1, 0.15) is 11.0 Å². The standard InChI is InChI=1S/C24H29Cl2N5O2S/c1-16-7-9-29(10-8-16)22(32)15-34-24-27-20(26)13-21(28-24)30-11-12-31(17(2)14-30)23(33)18-5-3-4-6-19(18)25/h3-6,13,16-17H,7-12,14-15H2,1-2H3. The number of likely N-dealkylation sites (tertiary alicyclic amines) is 1. The Labute approximate surface area is 214 Å². The average molecular weight is 523 g/mol. The van der Waals surface area contributed by atoms with E-state index in [1.54, 1.807) is 18.2 Å². The van der Waals surface area contributed by atoms with Crippen LogP contribution in [0.2, 0.25) is 10.2 Å². The molecule has 0 spiro atoms. The molecule has 2 aliphatic heterocycles. The Bertz CT molecular complexity index is 1050. The number of rotatable bonds is 5. The lowest BCUT2D eigenvalue weighted by molar-refractivity contribution is -0.129. The largest absolute Gasteiger partial charge is 0.353 e. The van der Waals surface area contributed by atoms with Crippen LogP contribution in [0, 0.1) is 5.92 Å². The van der Waals surface area contributed by atoms with Gasteiger partial charge in [-0.1, -0.05) is 54.0 Å². The van der Waals surface area contributed by atoms with E-state index in [1.807, 2.05) is 28.9 Å². The van der Waals surface area contributed by atoms with E-state index >= 15 is 0 Å². The van der Waals surface area contributed by atoms with Crippen LogP contribution < -0.4 is 4.90 Å². The van der Waals surface area contributed by atoms with E-state index in [-0.39, 0.29) is 17.9 Å². The molecule has 0 aliphatic carbocycles. The number of thioether (sulfide) groups is 1. The molecule has 2 fully saturated rings. The number of halogens is 2. The molecule has 3 heterocycles. The SMILES string of the molecule is CC1CCN(C(=O)CSc2nc(Cl)cc(N3CCN(C(=O)c4ccccc4Cl)C(C)C3)n2)CC1. The fraction of sp³-hybridized carbons (Fsp3) is 0.500. The van der Waals surface area contributed by atoms with Crippen molar-refractivity contribution in [3.05, 3.63) is 46.1 Å². The van der Waals surface area contributed by atoms with Crippen molar-refractivity contribution < 1.29 is 9.59 Å². The maximum Gasteiger partial charge on any atom is 0.255 e. The summed E-state index contributed by atoms with van der Waals surface area (Å²) in [7, 11) is 0. The minimum atomic E-state index is -0.0691. The molecule has 34 heavy (non-hydrogen) atoms. The molecule has 4 rings (SSSR count). The van der Waals surface area contributed by atoms with Crippen LogP contribution in [0.5, 0.6) is 0 Å². The summed E-state index contributed by atoms with van der Waals surface area (Å²) in [4.78, 5) is 40.5. The molecule has 2 amide bonds. The van der Waals surface area contributed by atoms with Crippen molar-refractivity contribution in [3.63, 3.8) is 0 Å². The van der Waals surface area contributed by atoms with Gasteiger partial charge in [0.05, 0.1) is 16.3 Å². The summed E-state index contributed by atoms with van der Waals surface area (Å²) < 4.78 is 0. The van der Waals surface area contributed by atoms with Gasteiger partial charge in [0.15, 0.2) is 5.16 Å². The maximum absolute atomic E-state index is 13.0. The first-order valence-corrected chi connectivity index (χ1v) is 13.3. The Kier molecular flexibility index (Phi) is 8.22. The minimum absolute atomic E-state index is 0.0366. The van der Waals surface area contributed by atoms with Crippen molar-refractivity contribution >= 4 is 52.6 Å². The molecule has 0 bridgehead atoms. The third kappa shape index (κ3) is 5.96. The van der Waals surface area contributed by atoms with E-state index in [4.69, 9.17) is 23.2 Å². The van der Waals surface area contributed by atoms with Gasteiger partial charge in [0.25, 0.3) is 5.91 Å². The molecular weight excluding hydrogens is 493 g/mol. The van der Waals surface area contributed by atoms with Crippen LogP contribution in [-0.4, -0.2) is 76.1 Å². The number of amides is 2. The molecule has 0 N–H and O–H groups in total. The molecule has 0 radical (unpaired) electrons. The number of carbonyl (C=O) groups is 2. The van der Waals surface area contributed by atoms with Crippen LogP contribution in [0.1, 0.15) is 37.0 Å². The predicted molar refractivity (Wildman–Crippen MR) is 137 cm³/mol. The van der Waals surface area contributed by atoms with Gasteiger partial charge in [0.2, 0.25) is 5.91 Å². The zero-order valence-corrected chi connectivity index (χ0v) is 21.7. The highest BCUT2D eigenvalue weighted by molar-refractivity contribution is 7.99. The second-order valence-corrected chi connectivity index (χ2v) is 10.7. The average Bonchev–Trinajstić information content (AvgIpc) is 2.82. The monoisotopic (exact) mass is 521 g/mol. The molecule has 2 aliphatic rings. The fourth-order valence-corrected chi connectivity index (χ4v) is 5.54. The molecule has 2 saturated heterocycles. The first kappa shape index (κ1) is 25.1. The summed E-state index contributed by atoms with van der Waals surface area (Å²) >= 11 is 13.8. The Balaban J connectivity index is 1.38. The first-order valence-electron chi connectivity index (χ1n) is 11.6. The number of hydrogen-bond acceptors (Lipinski definition) is 6. The van der Waals surface area contributed by atoms with Gasteiger partial charge in [-0.3, -0.25) is 9.59 Å². The van der Waals surface area contributed by atoms with Crippen LogP contribution in [-0.2, 0) is 4.79 Å². The number of carbonyl (C=O) groups excluding carboxylic acids is 2. The van der Waals surface area contributed by atoms with Crippen LogP contribution in [0.25, 0.3) is 0 Å². The number of anilines is 1. The Morgan fingerprint density at radius 1 is 1.06 bits per heavy atom. The predicted octanol–water partition coefficient (Wildman–Crippen LogP) is 4.48. The number of benzene rings is 1. The fourth-order valence-electron chi connectivity index (χ4n) is 4.34. The molecule has 1 unspecified atom stereocenters. The third-order valence-corrected chi connectivity index (χ3v) is 7.79. The summed E-state index contributed by atoms with van der Waals surface area (Å²) in [6.07, 6.45) is 2.11. The van der Waals surface area contributed by atoms with E-state index in [0.29, 0.717) is 58.0 Å². The third-order valence-electron chi connectivity index (χ3n) is 6.44. The second kappa shape index (κ2) is 11.1. The number of hydrogen-bond donors (Lipinski definition) is 0. The lowest BCUT2D eigenvalue weighted by atomic mass is 9.99. The van der Waals surface area contributed by atoms with E-state index in [2.05, 4.69) is 21.8 Å². The van der Waals surface area contributed by atoms with Crippen molar-refractivity contribution in [2.75, 3.05) is 43.4 Å². The molecule has 2 aromatic rings. The quantitative estimate of drug-likeness (QED) is 0.328. The van der Waals surface area contributed by atoms with Crippen molar-refractivity contribution in [2.24, 2.45) is 5.92 Å². The van der Waals surface area contributed by atoms with E-state index < -0.39 is 0 Å². The van der Waals surface area contributed by atoms with Crippen LogP contribution in [0.3, 0.4) is 0 Å². The summed E-state index contributed by atoms with van der Waals surface area (Å²) in [5, 5.41) is 1.29. The summed E-state index contributed by atoms with van der Waals surface area (Å²) in [5.74, 6) is 1.73. The number of piperazine rings is 1. The van der Waals surface area contributed by atoms with Gasteiger partial charge in [-0.05, 0) is 37.8 Å². The molecular formula is C24H29Cl2N5O2S. The Morgan fingerprint density at radius 3 is 2.50 bits per heavy atom. The Morgan fingerprint density at radius 2 is 1.79 bits per heavy atom. The van der Waals surface area contributed by atoms with Gasteiger partial charge in [-0.15, -0.1) is 0 Å². The van der Waals surface area contributed by atoms with Crippen LogP contribution >= 0.6 is 35.0 Å². The van der Waals surface area contributed by atoms with Gasteiger partial charge >= 0.3 is 0 Å². The van der Waals surface area contributed by atoms with Gasteiger partial charge in [0, 0.05) is 44.8 Å². The normalized spacial score (nSPS) is 19.4. The van der Waals surface area contributed by atoms with E-state index in [9.17, 15) is 9.59 Å². The molecule has 10 heteroatoms.